The Morgan fingerprint density at radius 2 is 2.00 bits per heavy atom. The Bertz CT molecular complexity index is 390. The summed E-state index contributed by atoms with van der Waals surface area (Å²) in [7, 11) is 1.97. The van der Waals surface area contributed by atoms with Gasteiger partial charge in [0.25, 0.3) is 0 Å². The molecule has 1 N–H and O–H groups in total. The van der Waals surface area contributed by atoms with E-state index in [2.05, 4.69) is 38.1 Å². The van der Waals surface area contributed by atoms with E-state index in [0.29, 0.717) is 6.04 Å². The topological polar surface area (TPSA) is 29.9 Å². The van der Waals surface area contributed by atoms with Gasteiger partial charge in [-0.15, -0.1) is 0 Å². The van der Waals surface area contributed by atoms with Crippen molar-refractivity contribution < 1.29 is 0 Å². The quantitative estimate of drug-likeness (QED) is 0.890. The fourth-order valence-electron chi connectivity index (χ4n) is 2.10. The Morgan fingerprint density at radius 1 is 1.39 bits per heavy atom. The number of aromatic nitrogens is 2. The number of rotatable bonds is 5. The highest BCUT2D eigenvalue weighted by molar-refractivity contribution is 6.31. The molecule has 1 aromatic heterocycles. The molecule has 1 heterocycles. The molecule has 0 amide bonds. The van der Waals surface area contributed by atoms with Gasteiger partial charge in [0.1, 0.15) is 0 Å². The first-order valence-corrected chi connectivity index (χ1v) is 7.06. The van der Waals surface area contributed by atoms with Gasteiger partial charge in [0.05, 0.1) is 16.4 Å². The summed E-state index contributed by atoms with van der Waals surface area (Å²) in [5.74, 6) is 0. The summed E-state index contributed by atoms with van der Waals surface area (Å²) in [6.45, 7) is 12.0. The van der Waals surface area contributed by atoms with Crippen LogP contribution >= 0.6 is 11.6 Å². The predicted octanol–water partition coefficient (Wildman–Crippen LogP) is 3.34. The van der Waals surface area contributed by atoms with Gasteiger partial charge in [-0.25, -0.2) is 0 Å². The zero-order valence-electron chi connectivity index (χ0n) is 12.5. The SMILES string of the molecule is CCCNC(Cc1c(Cl)c(C)nn1C)C(C)(C)C. The highest BCUT2D eigenvalue weighted by atomic mass is 35.5. The van der Waals surface area contributed by atoms with Crippen molar-refractivity contribution in [2.75, 3.05) is 6.54 Å². The number of hydrogen-bond donors (Lipinski definition) is 1. The lowest BCUT2D eigenvalue weighted by Crippen LogP contribution is -2.42. The third-order valence-electron chi connectivity index (χ3n) is 3.35. The highest BCUT2D eigenvalue weighted by Crippen LogP contribution is 2.27. The first-order valence-electron chi connectivity index (χ1n) is 6.68. The van der Waals surface area contributed by atoms with E-state index in [-0.39, 0.29) is 5.41 Å². The van der Waals surface area contributed by atoms with E-state index in [4.69, 9.17) is 11.6 Å². The molecule has 104 valence electrons. The molecule has 0 aliphatic carbocycles. The van der Waals surface area contributed by atoms with Crippen LogP contribution in [0.5, 0.6) is 0 Å². The van der Waals surface area contributed by atoms with Crippen LogP contribution in [0.25, 0.3) is 0 Å². The van der Waals surface area contributed by atoms with E-state index >= 15 is 0 Å². The van der Waals surface area contributed by atoms with Gasteiger partial charge in [-0.1, -0.05) is 39.3 Å². The van der Waals surface area contributed by atoms with E-state index < -0.39 is 0 Å². The number of aryl methyl sites for hydroxylation is 2. The van der Waals surface area contributed by atoms with Crippen molar-refractivity contribution in [2.45, 2.75) is 53.5 Å². The molecule has 0 saturated carbocycles. The van der Waals surface area contributed by atoms with Crippen molar-refractivity contribution in [1.29, 1.82) is 0 Å². The summed E-state index contributed by atoms with van der Waals surface area (Å²) in [5.41, 5.74) is 2.24. The summed E-state index contributed by atoms with van der Waals surface area (Å²) in [6.07, 6.45) is 2.06. The van der Waals surface area contributed by atoms with Crippen molar-refractivity contribution >= 4 is 11.6 Å². The Morgan fingerprint density at radius 3 is 2.39 bits per heavy atom. The molecule has 0 bridgehead atoms. The molecule has 18 heavy (non-hydrogen) atoms. The molecule has 0 radical (unpaired) electrons. The van der Waals surface area contributed by atoms with Gasteiger partial charge in [-0.3, -0.25) is 4.68 Å². The van der Waals surface area contributed by atoms with Crippen LogP contribution in [-0.4, -0.2) is 22.4 Å². The Labute approximate surface area is 116 Å². The van der Waals surface area contributed by atoms with E-state index in [9.17, 15) is 0 Å². The molecule has 0 aliphatic heterocycles. The third kappa shape index (κ3) is 3.72. The van der Waals surface area contributed by atoms with E-state index in [1.165, 1.54) is 0 Å². The largest absolute Gasteiger partial charge is 0.313 e. The molecule has 1 rings (SSSR count). The summed E-state index contributed by atoms with van der Waals surface area (Å²) in [6, 6.07) is 0.407. The Kier molecular flexibility index (Phi) is 5.23. The molecular formula is C14H26ClN3. The van der Waals surface area contributed by atoms with Crippen LogP contribution in [-0.2, 0) is 13.5 Å². The van der Waals surface area contributed by atoms with Gasteiger partial charge < -0.3 is 5.32 Å². The summed E-state index contributed by atoms with van der Waals surface area (Å²) >= 11 is 6.33. The summed E-state index contributed by atoms with van der Waals surface area (Å²) in [5, 5.41) is 8.81. The van der Waals surface area contributed by atoms with Gasteiger partial charge in [0.15, 0.2) is 0 Å². The molecule has 1 unspecified atom stereocenters. The van der Waals surface area contributed by atoms with Crippen molar-refractivity contribution in [3.05, 3.63) is 16.4 Å². The zero-order chi connectivity index (χ0) is 13.9. The molecule has 3 nitrogen and oxygen atoms in total. The molecule has 0 aromatic carbocycles. The smallest absolute Gasteiger partial charge is 0.0847 e. The Balaban J connectivity index is 2.89. The van der Waals surface area contributed by atoms with Crippen LogP contribution in [0.2, 0.25) is 5.02 Å². The molecule has 4 heteroatoms. The van der Waals surface area contributed by atoms with Gasteiger partial charge in [-0.2, -0.15) is 5.10 Å². The number of nitrogens with one attached hydrogen (secondary N) is 1. The summed E-state index contributed by atoms with van der Waals surface area (Å²) < 4.78 is 1.91. The fraction of sp³-hybridized carbons (Fsp3) is 0.786. The number of halogens is 1. The molecule has 1 atom stereocenters. The lowest BCUT2D eigenvalue weighted by atomic mass is 9.84. The first kappa shape index (κ1) is 15.5. The van der Waals surface area contributed by atoms with E-state index in [0.717, 1.165) is 35.8 Å². The Hall–Kier alpha value is -0.540. The second kappa shape index (κ2) is 6.07. The maximum absolute atomic E-state index is 6.33. The first-order chi connectivity index (χ1) is 8.27. The normalized spacial score (nSPS) is 13.9. The van der Waals surface area contributed by atoms with Crippen LogP contribution in [0.1, 0.15) is 45.5 Å². The minimum atomic E-state index is 0.205. The van der Waals surface area contributed by atoms with E-state index in [1.54, 1.807) is 0 Å². The van der Waals surface area contributed by atoms with E-state index in [1.807, 2.05) is 18.7 Å². The van der Waals surface area contributed by atoms with Crippen LogP contribution in [0.15, 0.2) is 0 Å². The number of hydrogen-bond acceptors (Lipinski definition) is 2. The minimum Gasteiger partial charge on any atom is -0.313 e. The molecule has 1 aromatic rings. The van der Waals surface area contributed by atoms with Gasteiger partial charge in [-0.05, 0) is 25.3 Å². The van der Waals surface area contributed by atoms with Crippen molar-refractivity contribution in [3.63, 3.8) is 0 Å². The maximum atomic E-state index is 6.33. The van der Waals surface area contributed by atoms with Crippen LogP contribution in [0, 0.1) is 12.3 Å². The second-order valence-corrected chi connectivity index (χ2v) is 6.42. The number of nitrogens with zero attached hydrogens (tertiary/aromatic N) is 2. The van der Waals surface area contributed by atoms with Crippen LogP contribution in [0.4, 0.5) is 0 Å². The van der Waals surface area contributed by atoms with Gasteiger partial charge >= 0.3 is 0 Å². The second-order valence-electron chi connectivity index (χ2n) is 6.05. The lowest BCUT2D eigenvalue weighted by Gasteiger charge is -2.32. The van der Waals surface area contributed by atoms with Crippen LogP contribution in [0.3, 0.4) is 0 Å². The van der Waals surface area contributed by atoms with Crippen molar-refractivity contribution in [2.24, 2.45) is 12.5 Å². The molecule has 0 spiro atoms. The zero-order valence-corrected chi connectivity index (χ0v) is 13.2. The highest BCUT2D eigenvalue weighted by Gasteiger charge is 2.26. The molecule has 0 saturated heterocycles. The molecule has 0 aliphatic rings. The standard InChI is InChI=1S/C14H26ClN3/c1-7-8-16-12(14(3,4)5)9-11-13(15)10(2)17-18(11)6/h12,16H,7-9H2,1-6H3. The van der Waals surface area contributed by atoms with Crippen LogP contribution < -0.4 is 5.32 Å². The molecular weight excluding hydrogens is 246 g/mol. The van der Waals surface area contributed by atoms with Crippen molar-refractivity contribution in [3.8, 4) is 0 Å². The third-order valence-corrected chi connectivity index (χ3v) is 3.84. The fourth-order valence-corrected chi connectivity index (χ4v) is 2.34. The summed E-state index contributed by atoms with van der Waals surface area (Å²) in [4.78, 5) is 0. The van der Waals surface area contributed by atoms with Crippen molar-refractivity contribution in [1.82, 2.24) is 15.1 Å². The van der Waals surface area contributed by atoms with Gasteiger partial charge in [0.2, 0.25) is 0 Å². The maximum Gasteiger partial charge on any atom is 0.0847 e. The average Bonchev–Trinajstić information content (AvgIpc) is 2.48. The average molecular weight is 272 g/mol. The monoisotopic (exact) mass is 271 g/mol. The molecule has 0 fully saturated rings. The minimum absolute atomic E-state index is 0.205. The van der Waals surface area contributed by atoms with Gasteiger partial charge in [0, 0.05) is 19.5 Å². The predicted molar refractivity (Wildman–Crippen MR) is 78.2 cm³/mol. The lowest BCUT2D eigenvalue weighted by molar-refractivity contribution is 0.263.